The number of carbonyl (C=O) groups is 1. The highest BCUT2D eigenvalue weighted by atomic mass is 16.6. The summed E-state index contributed by atoms with van der Waals surface area (Å²) in [4.78, 5) is 11.1. The molecule has 0 aliphatic carbocycles. The number of nitrogens with one attached hydrogen (secondary N) is 2. The number of hydrogen-bond donors (Lipinski definition) is 2. The van der Waals surface area contributed by atoms with Crippen LogP contribution in [0, 0.1) is 0 Å². The molecule has 5 heteroatoms. The summed E-state index contributed by atoms with van der Waals surface area (Å²) in [6.07, 6.45) is 0.707. The van der Waals surface area contributed by atoms with Crippen molar-refractivity contribution in [3.63, 3.8) is 0 Å². The van der Waals surface area contributed by atoms with Gasteiger partial charge in [0.05, 0.1) is 6.10 Å². The molecule has 1 aliphatic rings. The van der Waals surface area contributed by atoms with Crippen LogP contribution in [0.5, 0.6) is 0 Å². The molecule has 0 bridgehead atoms. The summed E-state index contributed by atoms with van der Waals surface area (Å²) in [7, 11) is 0. The third kappa shape index (κ3) is 4.99. The van der Waals surface area contributed by atoms with Gasteiger partial charge >= 0.3 is 6.09 Å². The Morgan fingerprint density at radius 2 is 2.40 bits per heavy atom. The molecular weight excluding hydrogens is 196 g/mol. The van der Waals surface area contributed by atoms with E-state index in [0.29, 0.717) is 13.2 Å². The maximum Gasteiger partial charge on any atom is 0.407 e. The lowest BCUT2D eigenvalue weighted by Gasteiger charge is -2.28. The maximum atomic E-state index is 11.1. The van der Waals surface area contributed by atoms with E-state index < -0.39 is 0 Å². The number of amides is 1. The van der Waals surface area contributed by atoms with E-state index in [0.717, 1.165) is 19.5 Å². The predicted molar refractivity (Wildman–Crippen MR) is 56.8 cm³/mol. The van der Waals surface area contributed by atoms with Crippen molar-refractivity contribution in [2.75, 3.05) is 26.2 Å². The third-order valence-electron chi connectivity index (χ3n) is 2.15. The number of carbonyl (C=O) groups excluding carboxylic acids is 1. The van der Waals surface area contributed by atoms with Crippen LogP contribution in [0.15, 0.2) is 0 Å². The fraction of sp³-hybridized carbons (Fsp3) is 0.900. The van der Waals surface area contributed by atoms with Crippen molar-refractivity contribution >= 4 is 6.09 Å². The fourth-order valence-electron chi connectivity index (χ4n) is 1.42. The van der Waals surface area contributed by atoms with Gasteiger partial charge in [0.15, 0.2) is 0 Å². The monoisotopic (exact) mass is 216 g/mol. The minimum Gasteiger partial charge on any atom is -0.447 e. The topological polar surface area (TPSA) is 59.6 Å². The van der Waals surface area contributed by atoms with Crippen LogP contribution in [0.1, 0.15) is 20.3 Å². The average molecular weight is 216 g/mol. The highest BCUT2D eigenvalue weighted by molar-refractivity contribution is 5.67. The standard InChI is InChI=1S/C10H20N2O3/c1-3-4-12-10(13)14-7-9-6-11-5-8(2)15-9/h8-9,11H,3-7H2,1-2H3,(H,12,13). The van der Waals surface area contributed by atoms with Crippen LogP contribution >= 0.6 is 0 Å². The molecular formula is C10H20N2O3. The Bertz CT molecular complexity index is 199. The second-order valence-electron chi connectivity index (χ2n) is 3.75. The lowest BCUT2D eigenvalue weighted by atomic mass is 10.2. The molecule has 0 spiro atoms. The van der Waals surface area contributed by atoms with E-state index in [4.69, 9.17) is 9.47 Å². The van der Waals surface area contributed by atoms with Crippen LogP contribution in [0.4, 0.5) is 4.79 Å². The van der Waals surface area contributed by atoms with E-state index in [-0.39, 0.29) is 18.3 Å². The van der Waals surface area contributed by atoms with Crippen molar-refractivity contribution in [3.8, 4) is 0 Å². The van der Waals surface area contributed by atoms with Crippen molar-refractivity contribution in [2.45, 2.75) is 32.5 Å². The van der Waals surface area contributed by atoms with Gasteiger partial charge < -0.3 is 20.1 Å². The quantitative estimate of drug-likeness (QED) is 0.718. The van der Waals surface area contributed by atoms with Crippen LogP contribution in [0.2, 0.25) is 0 Å². The molecule has 0 aromatic heterocycles. The van der Waals surface area contributed by atoms with Gasteiger partial charge in [-0.1, -0.05) is 6.92 Å². The van der Waals surface area contributed by atoms with Gasteiger partial charge in [-0.15, -0.1) is 0 Å². The van der Waals surface area contributed by atoms with Crippen LogP contribution in [0.3, 0.4) is 0 Å². The average Bonchev–Trinajstić information content (AvgIpc) is 2.23. The molecule has 1 rings (SSSR count). The lowest BCUT2D eigenvalue weighted by Crippen LogP contribution is -2.46. The van der Waals surface area contributed by atoms with Gasteiger partial charge in [-0.3, -0.25) is 0 Å². The molecule has 1 saturated heterocycles. The normalized spacial score (nSPS) is 26.0. The largest absolute Gasteiger partial charge is 0.447 e. The molecule has 2 atom stereocenters. The summed E-state index contributed by atoms with van der Waals surface area (Å²) >= 11 is 0. The highest BCUT2D eigenvalue weighted by Crippen LogP contribution is 2.03. The zero-order valence-corrected chi connectivity index (χ0v) is 9.41. The number of hydrogen-bond acceptors (Lipinski definition) is 4. The van der Waals surface area contributed by atoms with Crippen LogP contribution < -0.4 is 10.6 Å². The highest BCUT2D eigenvalue weighted by Gasteiger charge is 2.19. The summed E-state index contributed by atoms with van der Waals surface area (Å²) in [6, 6.07) is 0. The maximum absolute atomic E-state index is 11.1. The van der Waals surface area contributed by atoms with Crippen molar-refractivity contribution in [3.05, 3.63) is 0 Å². The molecule has 0 radical (unpaired) electrons. The molecule has 2 unspecified atom stereocenters. The van der Waals surface area contributed by atoms with E-state index >= 15 is 0 Å². The Morgan fingerprint density at radius 1 is 1.60 bits per heavy atom. The molecule has 1 amide bonds. The van der Waals surface area contributed by atoms with E-state index in [9.17, 15) is 4.79 Å². The molecule has 2 N–H and O–H groups in total. The second kappa shape index (κ2) is 6.63. The first-order chi connectivity index (χ1) is 7.22. The Labute approximate surface area is 90.5 Å². The van der Waals surface area contributed by atoms with Crippen molar-refractivity contribution in [1.82, 2.24) is 10.6 Å². The van der Waals surface area contributed by atoms with Gasteiger partial charge in [0.1, 0.15) is 12.7 Å². The number of alkyl carbamates (subject to hydrolysis) is 1. The Kier molecular flexibility index (Phi) is 5.42. The van der Waals surface area contributed by atoms with Gasteiger partial charge in [-0.25, -0.2) is 4.79 Å². The lowest BCUT2D eigenvalue weighted by molar-refractivity contribution is -0.0546. The van der Waals surface area contributed by atoms with Crippen molar-refractivity contribution < 1.29 is 14.3 Å². The molecule has 0 saturated carbocycles. The van der Waals surface area contributed by atoms with Crippen LogP contribution in [0.25, 0.3) is 0 Å². The minimum atomic E-state index is -0.362. The predicted octanol–water partition coefficient (Wildman–Crippen LogP) is 0.500. The van der Waals surface area contributed by atoms with Crippen molar-refractivity contribution in [2.24, 2.45) is 0 Å². The van der Waals surface area contributed by atoms with Crippen molar-refractivity contribution in [1.29, 1.82) is 0 Å². The fourth-order valence-corrected chi connectivity index (χ4v) is 1.42. The van der Waals surface area contributed by atoms with E-state index in [1.54, 1.807) is 0 Å². The van der Waals surface area contributed by atoms with E-state index in [1.165, 1.54) is 0 Å². The first kappa shape index (κ1) is 12.3. The van der Waals surface area contributed by atoms with Crippen LogP contribution in [-0.2, 0) is 9.47 Å². The summed E-state index contributed by atoms with van der Waals surface area (Å²) in [6.45, 7) is 6.56. The van der Waals surface area contributed by atoms with Crippen LogP contribution in [-0.4, -0.2) is 44.5 Å². The summed E-state index contributed by atoms with van der Waals surface area (Å²) in [5.41, 5.74) is 0. The number of ether oxygens (including phenoxy) is 2. The molecule has 5 nitrogen and oxygen atoms in total. The number of morpholine rings is 1. The van der Waals surface area contributed by atoms with E-state index in [1.807, 2.05) is 13.8 Å². The first-order valence-electron chi connectivity index (χ1n) is 5.49. The van der Waals surface area contributed by atoms with Gasteiger partial charge in [0.2, 0.25) is 0 Å². The van der Waals surface area contributed by atoms with E-state index in [2.05, 4.69) is 10.6 Å². The molecule has 1 fully saturated rings. The Balaban J connectivity index is 2.10. The Morgan fingerprint density at radius 3 is 3.07 bits per heavy atom. The molecule has 1 heterocycles. The molecule has 0 aromatic carbocycles. The minimum absolute atomic E-state index is 0.0267. The SMILES string of the molecule is CCCNC(=O)OCC1CNCC(C)O1. The van der Waals surface area contributed by atoms with Gasteiger partial charge in [-0.05, 0) is 13.3 Å². The molecule has 15 heavy (non-hydrogen) atoms. The molecule has 88 valence electrons. The van der Waals surface area contributed by atoms with Gasteiger partial charge in [0, 0.05) is 19.6 Å². The zero-order valence-electron chi connectivity index (χ0n) is 9.41. The zero-order chi connectivity index (χ0) is 11.1. The molecule has 0 aromatic rings. The summed E-state index contributed by atoms with van der Waals surface area (Å²) < 4.78 is 10.6. The van der Waals surface area contributed by atoms with Gasteiger partial charge in [-0.2, -0.15) is 0 Å². The summed E-state index contributed by atoms with van der Waals surface area (Å²) in [5, 5.41) is 5.86. The second-order valence-corrected chi connectivity index (χ2v) is 3.75. The number of rotatable bonds is 4. The third-order valence-corrected chi connectivity index (χ3v) is 2.15. The smallest absolute Gasteiger partial charge is 0.407 e. The van der Waals surface area contributed by atoms with Gasteiger partial charge in [0.25, 0.3) is 0 Å². The Hall–Kier alpha value is -0.810. The first-order valence-corrected chi connectivity index (χ1v) is 5.49. The molecule has 1 aliphatic heterocycles. The summed E-state index contributed by atoms with van der Waals surface area (Å²) in [5.74, 6) is 0.